The molecule has 2 unspecified atom stereocenters. The Labute approximate surface area is 336 Å². The van der Waals surface area contributed by atoms with Crippen molar-refractivity contribution in [3.8, 4) is 0 Å². The van der Waals surface area contributed by atoms with Crippen LogP contribution in [0.3, 0.4) is 0 Å². The summed E-state index contributed by atoms with van der Waals surface area (Å²) in [6.45, 7) is 9.31. The number of carbonyl (C=O) groups is 1. The van der Waals surface area contributed by atoms with E-state index in [1.54, 1.807) is 13.8 Å². The van der Waals surface area contributed by atoms with Gasteiger partial charge in [-0.2, -0.15) is 0 Å². The van der Waals surface area contributed by atoms with Crippen LogP contribution >= 0.6 is 0 Å². The number of rotatable bonds is 12. The van der Waals surface area contributed by atoms with Crippen molar-refractivity contribution in [2.45, 2.75) is 197 Å². The molecular formula is C45H78N3O8+. The summed E-state index contributed by atoms with van der Waals surface area (Å²) in [4.78, 5) is 19.9. The van der Waals surface area contributed by atoms with Crippen LogP contribution in [0.4, 0.5) is 0 Å². The normalized spacial score (nSPS) is 49.0. The van der Waals surface area contributed by atoms with Crippen LogP contribution in [0, 0.1) is 52.3 Å². The van der Waals surface area contributed by atoms with Gasteiger partial charge in [-0.3, -0.25) is 15.5 Å². The second-order valence-corrected chi connectivity index (χ2v) is 20.8. The van der Waals surface area contributed by atoms with Crippen LogP contribution in [0.1, 0.15) is 150 Å². The first-order chi connectivity index (χ1) is 26.5. The first-order valence-corrected chi connectivity index (χ1v) is 23.0. The molecule has 0 spiro atoms. The molecule has 0 amide bonds. The molecule has 7 rings (SSSR count). The lowest BCUT2D eigenvalue weighted by molar-refractivity contribution is -0.703. The fourth-order valence-corrected chi connectivity index (χ4v) is 14.6. The van der Waals surface area contributed by atoms with Gasteiger partial charge in [-0.15, -0.1) is 0 Å². The SMILES string of the molecule is CCCCCC[C@H]1CO[C@H]2[C@H]1CCCC[C@]2(O)[C@](C)(O)[C@@H]1CC[C@]2(O)[C@@H]3C(=NC[C@H](C)O)C(=O)[C@H]4C[C@@H](O)[C@@H](O)C[C@]4(CCC4CCC(N)[NH2+]C4)[C@@H]3CC[C@]12C. The highest BCUT2D eigenvalue weighted by molar-refractivity contribution is 6.42. The van der Waals surface area contributed by atoms with Crippen molar-refractivity contribution >= 4 is 11.5 Å². The third kappa shape index (κ3) is 7.10. The van der Waals surface area contributed by atoms with Crippen LogP contribution in [0.5, 0.6) is 0 Å². The number of ketones is 1. The number of hydrogen-bond acceptors (Lipinski definition) is 10. The lowest BCUT2D eigenvalue weighted by Crippen LogP contribution is -2.95. The summed E-state index contributed by atoms with van der Waals surface area (Å²) in [6, 6.07) is 0. The number of Topliss-reactive ketones (excluding diaryl/α,β-unsaturated/α-hetero) is 1. The van der Waals surface area contributed by atoms with Crippen LogP contribution in [0.25, 0.3) is 0 Å². The Morgan fingerprint density at radius 1 is 1.02 bits per heavy atom. The molecule has 2 heterocycles. The second kappa shape index (κ2) is 16.4. The molecule has 7 aliphatic rings. The maximum atomic E-state index is 15.1. The summed E-state index contributed by atoms with van der Waals surface area (Å²) in [5, 5.41) is 74.8. The number of ether oxygens (including phenoxy) is 1. The zero-order valence-electron chi connectivity index (χ0n) is 35.1. The fourth-order valence-electron chi connectivity index (χ4n) is 14.6. The molecule has 0 aromatic heterocycles. The smallest absolute Gasteiger partial charge is 0.180 e. The number of fused-ring (bicyclic) bond motifs is 6. The molecule has 0 aromatic rings. The van der Waals surface area contributed by atoms with E-state index in [2.05, 4.69) is 19.2 Å². The summed E-state index contributed by atoms with van der Waals surface area (Å²) in [6.07, 6.45) is 12.0. The number of nitrogens with two attached hydrogens (primary N) is 2. The number of aliphatic imine (C=N–C) groups is 1. The van der Waals surface area contributed by atoms with E-state index < -0.39 is 69.8 Å². The molecule has 0 bridgehead atoms. The number of nitrogens with zero attached hydrogens (tertiary/aromatic N) is 1. The molecule has 11 nitrogen and oxygen atoms in total. The Hall–Kier alpha value is -1.02. The first-order valence-electron chi connectivity index (χ1n) is 23.0. The summed E-state index contributed by atoms with van der Waals surface area (Å²) in [5.74, 6) is -1.07. The number of aliphatic hydroxyl groups excluding tert-OH is 3. The number of carbonyl (C=O) groups excluding carboxylic acids is 1. The average molecular weight is 789 g/mol. The molecular weight excluding hydrogens is 711 g/mol. The van der Waals surface area contributed by atoms with E-state index in [4.69, 9.17) is 15.5 Å². The average Bonchev–Trinajstić information content (AvgIpc) is 3.64. The van der Waals surface area contributed by atoms with Crippen LogP contribution in [-0.2, 0) is 9.53 Å². The number of piperidine rings is 1. The van der Waals surface area contributed by atoms with Gasteiger partial charge in [0, 0.05) is 29.6 Å². The van der Waals surface area contributed by atoms with Gasteiger partial charge in [0.1, 0.15) is 11.8 Å². The molecule has 0 aromatic carbocycles. The van der Waals surface area contributed by atoms with Crippen LogP contribution in [0.15, 0.2) is 4.99 Å². The highest BCUT2D eigenvalue weighted by Gasteiger charge is 2.75. The lowest BCUT2D eigenvalue weighted by atomic mass is 9.40. The van der Waals surface area contributed by atoms with Gasteiger partial charge in [-0.25, -0.2) is 0 Å². The number of hydrogen-bond donors (Lipinski definition) is 8. The predicted octanol–water partition coefficient (Wildman–Crippen LogP) is 3.38. The summed E-state index contributed by atoms with van der Waals surface area (Å²) in [7, 11) is 0. The Kier molecular flexibility index (Phi) is 12.7. The molecule has 5 aliphatic carbocycles. The fraction of sp³-hybridized carbons (Fsp3) is 0.956. The van der Waals surface area contributed by atoms with Crippen molar-refractivity contribution in [1.29, 1.82) is 0 Å². The van der Waals surface area contributed by atoms with Crippen molar-refractivity contribution in [3.05, 3.63) is 0 Å². The van der Waals surface area contributed by atoms with Gasteiger partial charge in [0.25, 0.3) is 0 Å². The molecule has 10 N–H and O–H groups in total. The van der Waals surface area contributed by atoms with E-state index in [1.165, 1.54) is 19.3 Å². The zero-order chi connectivity index (χ0) is 40.3. The Bertz CT molecular complexity index is 1420. The third-order valence-corrected chi connectivity index (χ3v) is 17.8. The molecule has 0 radical (unpaired) electrons. The first kappa shape index (κ1) is 43.1. The standard InChI is InChI=1S/C45H77N3O8/c1-5-6-7-8-11-29-26-56-40-30(29)12-9-10-18-45(40,55)42(4,53)35-17-21-44(54)37-31(16-19-41(35,44)3)43(20-15-28-13-14-36(46)47-25-28)23-34(51)33(50)22-32(43)39(52)38(37)48-24-27(2)49/h27-37,40,47,49-51,53-55H,5-26,46H2,1-4H3/p+1/t27-,28?,29-,30-,31+,32+,33+,34-,35+,36?,37-,40-,41+,42+,43+,44-,45+/m0/s1. The van der Waals surface area contributed by atoms with Crippen molar-refractivity contribution in [2.75, 3.05) is 19.7 Å². The van der Waals surface area contributed by atoms with E-state index in [-0.39, 0.29) is 36.8 Å². The van der Waals surface area contributed by atoms with E-state index in [1.807, 2.05) is 0 Å². The van der Waals surface area contributed by atoms with E-state index in [0.29, 0.717) is 69.1 Å². The largest absolute Gasteiger partial charge is 0.391 e. The van der Waals surface area contributed by atoms with Gasteiger partial charge in [0.2, 0.25) is 0 Å². The molecule has 2 aliphatic heterocycles. The van der Waals surface area contributed by atoms with Gasteiger partial charge >= 0.3 is 0 Å². The Morgan fingerprint density at radius 2 is 1.80 bits per heavy atom. The van der Waals surface area contributed by atoms with Crippen molar-refractivity contribution in [1.82, 2.24) is 0 Å². The van der Waals surface area contributed by atoms with Gasteiger partial charge in [0.05, 0.1) is 61.0 Å². The minimum Gasteiger partial charge on any atom is -0.391 e. The highest BCUT2D eigenvalue weighted by atomic mass is 16.5. The molecule has 2 saturated heterocycles. The Morgan fingerprint density at radius 3 is 2.52 bits per heavy atom. The third-order valence-electron chi connectivity index (χ3n) is 17.8. The minimum atomic E-state index is -1.58. The maximum Gasteiger partial charge on any atom is 0.180 e. The quantitative estimate of drug-likeness (QED) is 0.137. The molecule has 320 valence electrons. The van der Waals surface area contributed by atoms with Gasteiger partial charge in [0.15, 0.2) is 5.78 Å². The predicted molar refractivity (Wildman–Crippen MR) is 214 cm³/mol. The second-order valence-electron chi connectivity index (χ2n) is 20.8. The minimum absolute atomic E-state index is 0.0288. The summed E-state index contributed by atoms with van der Waals surface area (Å²) >= 11 is 0. The number of quaternary nitrogens is 1. The molecule has 11 heteroatoms. The van der Waals surface area contributed by atoms with E-state index >= 15 is 4.79 Å². The van der Waals surface area contributed by atoms with E-state index in [0.717, 1.165) is 57.9 Å². The number of aliphatic hydroxyl groups is 6. The molecule has 7 fully saturated rings. The summed E-state index contributed by atoms with van der Waals surface area (Å²) < 4.78 is 6.59. The topological polar surface area (TPSA) is 203 Å². The van der Waals surface area contributed by atoms with Crippen LogP contribution < -0.4 is 11.1 Å². The van der Waals surface area contributed by atoms with E-state index in [9.17, 15) is 30.6 Å². The van der Waals surface area contributed by atoms with Crippen LogP contribution in [0.2, 0.25) is 0 Å². The molecule has 56 heavy (non-hydrogen) atoms. The highest BCUT2D eigenvalue weighted by Crippen LogP contribution is 2.71. The van der Waals surface area contributed by atoms with Crippen molar-refractivity contribution < 1.29 is 45.5 Å². The van der Waals surface area contributed by atoms with Crippen LogP contribution in [-0.4, -0.2) is 109 Å². The zero-order valence-corrected chi connectivity index (χ0v) is 35.1. The molecule has 5 saturated carbocycles. The van der Waals surface area contributed by atoms with Gasteiger partial charge in [-0.05, 0) is 120 Å². The molecule has 17 atom stereocenters. The Balaban J connectivity index is 1.24. The van der Waals surface area contributed by atoms with Gasteiger partial charge in [-0.1, -0.05) is 52.4 Å². The summed E-state index contributed by atoms with van der Waals surface area (Å²) in [5.41, 5.74) is 0.519. The maximum absolute atomic E-state index is 15.1. The monoisotopic (exact) mass is 789 g/mol. The number of unbranched alkanes of at least 4 members (excludes halogenated alkanes) is 3. The lowest BCUT2D eigenvalue weighted by Gasteiger charge is -2.65. The van der Waals surface area contributed by atoms with Gasteiger partial charge < -0.3 is 40.7 Å². The van der Waals surface area contributed by atoms with Crippen molar-refractivity contribution in [3.63, 3.8) is 0 Å². The van der Waals surface area contributed by atoms with Crippen molar-refractivity contribution in [2.24, 2.45) is 63.0 Å².